The molecule has 0 aromatic carbocycles. The predicted octanol–water partition coefficient (Wildman–Crippen LogP) is 2.14. The summed E-state index contributed by atoms with van der Waals surface area (Å²) in [5, 5.41) is 7.42. The highest BCUT2D eigenvalue weighted by Gasteiger charge is 2.18. The van der Waals surface area contributed by atoms with Crippen molar-refractivity contribution in [3.8, 4) is 0 Å². The maximum Gasteiger partial charge on any atom is 0.317 e. The quantitative estimate of drug-likeness (QED) is 0.784. The molecular formula is C19H29N5O2. The summed E-state index contributed by atoms with van der Waals surface area (Å²) in [5.74, 6) is 0. The first kappa shape index (κ1) is 19.9. The topological polar surface area (TPSA) is 72.3 Å². The first-order valence-electron chi connectivity index (χ1n) is 8.85. The lowest BCUT2D eigenvalue weighted by molar-refractivity contribution is 0.146. The van der Waals surface area contributed by atoms with E-state index in [0.29, 0.717) is 32.7 Å². The Morgan fingerprint density at radius 1 is 1.31 bits per heavy atom. The third-order valence-corrected chi connectivity index (χ3v) is 4.46. The number of urea groups is 1. The van der Waals surface area contributed by atoms with Gasteiger partial charge >= 0.3 is 6.03 Å². The van der Waals surface area contributed by atoms with Gasteiger partial charge in [0.2, 0.25) is 0 Å². The van der Waals surface area contributed by atoms with E-state index in [1.54, 1.807) is 12.0 Å². The van der Waals surface area contributed by atoms with Gasteiger partial charge in [0.1, 0.15) is 0 Å². The number of rotatable bonds is 8. The predicted molar refractivity (Wildman–Crippen MR) is 101 cm³/mol. The fourth-order valence-corrected chi connectivity index (χ4v) is 2.84. The van der Waals surface area contributed by atoms with Crippen LogP contribution in [-0.2, 0) is 24.8 Å². The van der Waals surface area contributed by atoms with Crippen molar-refractivity contribution in [2.75, 3.05) is 26.8 Å². The number of carbonyl (C=O) groups is 1. The minimum absolute atomic E-state index is 0.0997. The van der Waals surface area contributed by atoms with Crippen LogP contribution in [0.15, 0.2) is 18.2 Å². The van der Waals surface area contributed by atoms with Crippen molar-refractivity contribution in [3.63, 3.8) is 0 Å². The number of nitrogens with one attached hydrogen (secondary N) is 1. The van der Waals surface area contributed by atoms with Gasteiger partial charge in [-0.05, 0) is 32.9 Å². The van der Waals surface area contributed by atoms with Crippen molar-refractivity contribution in [1.82, 2.24) is 25.0 Å². The number of carbonyl (C=O) groups excluding carboxylic acids is 1. The van der Waals surface area contributed by atoms with E-state index in [2.05, 4.69) is 15.4 Å². The zero-order chi connectivity index (χ0) is 19.1. The van der Waals surface area contributed by atoms with E-state index in [4.69, 9.17) is 4.74 Å². The van der Waals surface area contributed by atoms with E-state index < -0.39 is 0 Å². The molecule has 0 radical (unpaired) electrons. The van der Waals surface area contributed by atoms with Crippen LogP contribution < -0.4 is 5.32 Å². The summed E-state index contributed by atoms with van der Waals surface area (Å²) in [6.07, 6.45) is 0.705. The third-order valence-electron chi connectivity index (χ3n) is 4.46. The van der Waals surface area contributed by atoms with Crippen molar-refractivity contribution in [2.45, 2.75) is 33.7 Å². The van der Waals surface area contributed by atoms with Gasteiger partial charge in [-0.15, -0.1) is 0 Å². The smallest absolute Gasteiger partial charge is 0.317 e. The number of pyridine rings is 1. The van der Waals surface area contributed by atoms with E-state index in [0.717, 1.165) is 28.3 Å². The molecule has 7 nitrogen and oxygen atoms in total. The molecule has 0 spiro atoms. The van der Waals surface area contributed by atoms with Crippen molar-refractivity contribution < 1.29 is 9.53 Å². The first-order valence-corrected chi connectivity index (χ1v) is 8.85. The number of ether oxygens (including phenoxy) is 1. The maximum absolute atomic E-state index is 12.7. The highest BCUT2D eigenvalue weighted by Crippen LogP contribution is 2.14. The minimum atomic E-state index is -0.0997. The molecule has 2 rings (SSSR count). The second-order valence-electron chi connectivity index (χ2n) is 6.44. The summed E-state index contributed by atoms with van der Waals surface area (Å²) >= 11 is 0. The second-order valence-corrected chi connectivity index (χ2v) is 6.44. The van der Waals surface area contributed by atoms with Gasteiger partial charge in [0.25, 0.3) is 0 Å². The van der Waals surface area contributed by atoms with Crippen LogP contribution in [0.2, 0.25) is 0 Å². The fourth-order valence-electron chi connectivity index (χ4n) is 2.84. The largest absolute Gasteiger partial charge is 0.383 e. The molecule has 0 saturated carbocycles. The highest BCUT2D eigenvalue weighted by molar-refractivity contribution is 5.74. The van der Waals surface area contributed by atoms with Crippen LogP contribution in [-0.4, -0.2) is 52.5 Å². The Morgan fingerprint density at radius 2 is 2.08 bits per heavy atom. The standard InChI is InChI=1S/C19H29N5O2/c1-14-7-6-8-17(21-14)9-10-20-19(25)24(11-12-26-5)13-18-15(2)22-23(4)16(18)3/h6-8H,9-13H2,1-5H3,(H,20,25). The molecule has 0 atom stereocenters. The summed E-state index contributed by atoms with van der Waals surface area (Å²) in [6, 6.07) is 5.83. The van der Waals surface area contributed by atoms with Gasteiger partial charge in [0.15, 0.2) is 0 Å². The average molecular weight is 359 g/mol. The number of hydrogen-bond acceptors (Lipinski definition) is 4. The van der Waals surface area contributed by atoms with Crippen molar-refractivity contribution in [3.05, 3.63) is 46.5 Å². The molecule has 142 valence electrons. The molecule has 0 fully saturated rings. The summed E-state index contributed by atoms with van der Waals surface area (Å²) in [7, 11) is 3.56. The molecule has 2 amide bonds. The van der Waals surface area contributed by atoms with E-state index in [-0.39, 0.29) is 6.03 Å². The zero-order valence-corrected chi connectivity index (χ0v) is 16.4. The normalized spacial score (nSPS) is 10.8. The van der Waals surface area contributed by atoms with Crippen LogP contribution in [0.1, 0.15) is 28.3 Å². The molecule has 2 heterocycles. The van der Waals surface area contributed by atoms with Crippen molar-refractivity contribution >= 4 is 6.03 Å². The fraction of sp³-hybridized carbons (Fsp3) is 0.526. The minimum Gasteiger partial charge on any atom is -0.383 e. The number of hydrogen-bond donors (Lipinski definition) is 1. The van der Waals surface area contributed by atoms with Crippen LogP contribution in [0.25, 0.3) is 0 Å². The number of amides is 2. The van der Waals surface area contributed by atoms with Gasteiger partial charge in [-0.3, -0.25) is 9.67 Å². The van der Waals surface area contributed by atoms with Crippen molar-refractivity contribution in [1.29, 1.82) is 0 Å². The summed E-state index contributed by atoms with van der Waals surface area (Å²) in [6.45, 7) is 8.04. The van der Waals surface area contributed by atoms with Gasteiger partial charge in [0, 0.05) is 56.3 Å². The van der Waals surface area contributed by atoms with Gasteiger partial charge in [-0.2, -0.15) is 5.10 Å². The molecule has 0 unspecified atom stereocenters. The van der Waals surface area contributed by atoms with E-state index in [1.165, 1.54) is 0 Å². The Labute approximate surface area is 155 Å². The maximum atomic E-state index is 12.7. The number of aryl methyl sites for hydroxylation is 3. The highest BCUT2D eigenvalue weighted by atomic mass is 16.5. The molecule has 2 aromatic rings. The molecule has 0 saturated heterocycles. The van der Waals surface area contributed by atoms with Crippen LogP contribution in [0.3, 0.4) is 0 Å². The molecule has 2 aromatic heterocycles. The number of aromatic nitrogens is 3. The molecule has 26 heavy (non-hydrogen) atoms. The van der Waals surface area contributed by atoms with E-state index in [9.17, 15) is 4.79 Å². The lowest BCUT2D eigenvalue weighted by Crippen LogP contribution is -2.42. The van der Waals surface area contributed by atoms with Gasteiger partial charge in [-0.1, -0.05) is 6.07 Å². The number of nitrogens with zero attached hydrogens (tertiary/aromatic N) is 4. The van der Waals surface area contributed by atoms with Gasteiger partial charge in [-0.25, -0.2) is 4.79 Å². The average Bonchev–Trinajstić information content (AvgIpc) is 2.84. The van der Waals surface area contributed by atoms with Crippen LogP contribution in [0.4, 0.5) is 4.79 Å². The lowest BCUT2D eigenvalue weighted by atomic mass is 10.2. The lowest BCUT2D eigenvalue weighted by Gasteiger charge is -2.23. The van der Waals surface area contributed by atoms with Gasteiger partial charge in [0.05, 0.1) is 18.8 Å². The Kier molecular flexibility index (Phi) is 7.15. The third kappa shape index (κ3) is 5.29. The Bertz CT molecular complexity index is 742. The summed E-state index contributed by atoms with van der Waals surface area (Å²) < 4.78 is 7.01. The molecule has 1 N–H and O–H groups in total. The zero-order valence-electron chi connectivity index (χ0n) is 16.4. The van der Waals surface area contributed by atoms with Crippen molar-refractivity contribution in [2.24, 2.45) is 7.05 Å². The molecule has 0 bridgehead atoms. The first-order chi connectivity index (χ1) is 12.4. The van der Waals surface area contributed by atoms with Crippen LogP contribution in [0, 0.1) is 20.8 Å². The summed E-state index contributed by atoms with van der Waals surface area (Å²) in [4.78, 5) is 18.9. The SMILES string of the molecule is COCCN(Cc1c(C)nn(C)c1C)C(=O)NCCc1cccc(C)n1. The van der Waals surface area contributed by atoms with Crippen LogP contribution in [0.5, 0.6) is 0 Å². The Balaban J connectivity index is 1.97. The summed E-state index contributed by atoms with van der Waals surface area (Å²) in [5.41, 5.74) is 5.07. The molecule has 0 aliphatic rings. The molecular weight excluding hydrogens is 330 g/mol. The molecule has 7 heteroatoms. The van der Waals surface area contributed by atoms with E-state index >= 15 is 0 Å². The molecule has 0 aliphatic heterocycles. The van der Waals surface area contributed by atoms with Gasteiger partial charge < -0.3 is 15.0 Å². The van der Waals surface area contributed by atoms with Crippen LogP contribution >= 0.6 is 0 Å². The number of methoxy groups -OCH3 is 1. The van der Waals surface area contributed by atoms with E-state index in [1.807, 2.05) is 50.7 Å². The Morgan fingerprint density at radius 3 is 2.69 bits per heavy atom. The monoisotopic (exact) mass is 359 g/mol. The second kappa shape index (κ2) is 9.33. The molecule has 0 aliphatic carbocycles. The Hall–Kier alpha value is -2.41.